The van der Waals surface area contributed by atoms with E-state index >= 15 is 0 Å². The van der Waals surface area contributed by atoms with Crippen molar-refractivity contribution >= 4 is 57.2 Å². The minimum absolute atomic E-state index is 0. The number of hydrogen-bond acceptors (Lipinski definition) is 3. The van der Waals surface area contributed by atoms with E-state index in [0.29, 0.717) is 6.54 Å². The lowest BCUT2D eigenvalue weighted by atomic mass is 10.2. The van der Waals surface area contributed by atoms with Crippen molar-refractivity contribution < 1.29 is 0 Å². The summed E-state index contributed by atoms with van der Waals surface area (Å²) < 4.78 is 1.08. The smallest absolute Gasteiger partial charge is 0.191 e. The van der Waals surface area contributed by atoms with Crippen LogP contribution in [-0.4, -0.2) is 24.0 Å². The summed E-state index contributed by atoms with van der Waals surface area (Å²) in [6.45, 7) is 6.58. The van der Waals surface area contributed by atoms with Gasteiger partial charge in [0.1, 0.15) is 0 Å². The number of nitrogens with zero attached hydrogens (tertiary/aromatic N) is 2. The Kier molecular flexibility index (Phi) is 10.5. The number of aliphatic imine (C=N–C) groups is 1. The maximum absolute atomic E-state index is 4.63. The average molecular weight is 523 g/mol. The van der Waals surface area contributed by atoms with E-state index in [2.05, 4.69) is 62.5 Å². The highest BCUT2D eigenvalue weighted by atomic mass is 127. The first-order valence-electron chi connectivity index (χ1n) is 7.91. The second-order valence-corrected chi connectivity index (χ2v) is 7.19. The fourth-order valence-electron chi connectivity index (χ4n) is 2.06. The van der Waals surface area contributed by atoms with Crippen LogP contribution in [0.25, 0.3) is 0 Å². The summed E-state index contributed by atoms with van der Waals surface area (Å²) in [6.07, 6.45) is 3.96. The SMILES string of the molecule is CCNC(=NCc1cccc(Br)c1)NCCc1ncc(CC)s1.I. The van der Waals surface area contributed by atoms with Gasteiger partial charge in [-0.05, 0) is 31.0 Å². The molecule has 2 aromatic rings. The van der Waals surface area contributed by atoms with Crippen molar-refractivity contribution in [3.8, 4) is 0 Å². The summed E-state index contributed by atoms with van der Waals surface area (Å²) in [7, 11) is 0. The van der Waals surface area contributed by atoms with Gasteiger partial charge >= 0.3 is 0 Å². The molecule has 0 bridgehead atoms. The quantitative estimate of drug-likeness (QED) is 0.322. The van der Waals surface area contributed by atoms with Gasteiger partial charge in [-0.2, -0.15) is 0 Å². The number of nitrogens with one attached hydrogen (secondary N) is 2. The topological polar surface area (TPSA) is 49.3 Å². The second-order valence-electron chi connectivity index (χ2n) is 5.08. The van der Waals surface area contributed by atoms with Crippen molar-refractivity contribution in [2.75, 3.05) is 13.1 Å². The zero-order valence-electron chi connectivity index (χ0n) is 14.0. The largest absolute Gasteiger partial charge is 0.357 e. The number of halogens is 2. The maximum Gasteiger partial charge on any atom is 0.191 e. The van der Waals surface area contributed by atoms with E-state index in [9.17, 15) is 0 Å². The molecular weight excluding hydrogens is 499 g/mol. The van der Waals surface area contributed by atoms with Crippen molar-refractivity contribution in [1.82, 2.24) is 15.6 Å². The molecule has 0 aliphatic carbocycles. The monoisotopic (exact) mass is 522 g/mol. The van der Waals surface area contributed by atoms with Crippen molar-refractivity contribution in [1.29, 1.82) is 0 Å². The summed E-state index contributed by atoms with van der Waals surface area (Å²) in [5, 5.41) is 7.83. The first-order chi connectivity index (χ1) is 11.2. The van der Waals surface area contributed by atoms with E-state index in [1.54, 1.807) is 11.3 Å². The predicted molar refractivity (Wildman–Crippen MR) is 118 cm³/mol. The standard InChI is InChI=1S/C17H23BrN4S.HI/c1-3-15-12-21-16(23-15)8-9-20-17(19-4-2)22-11-13-6-5-7-14(18)10-13;/h5-7,10,12H,3-4,8-9,11H2,1-2H3,(H2,19,20,22);1H. The number of aryl methyl sites for hydroxylation is 1. The van der Waals surface area contributed by atoms with E-state index in [1.807, 2.05) is 18.3 Å². The highest BCUT2D eigenvalue weighted by Gasteiger charge is 2.02. The van der Waals surface area contributed by atoms with Gasteiger partial charge in [0, 0.05) is 35.1 Å². The Morgan fingerprint density at radius 3 is 2.79 bits per heavy atom. The van der Waals surface area contributed by atoms with Crippen LogP contribution in [0.3, 0.4) is 0 Å². The number of hydrogen-bond donors (Lipinski definition) is 2. The van der Waals surface area contributed by atoms with Gasteiger partial charge in [-0.3, -0.25) is 0 Å². The molecule has 4 nitrogen and oxygen atoms in total. The third-order valence-electron chi connectivity index (χ3n) is 3.23. The Labute approximate surface area is 173 Å². The lowest BCUT2D eigenvalue weighted by molar-refractivity contribution is 0.796. The molecule has 2 rings (SSSR count). The second kappa shape index (κ2) is 11.8. The van der Waals surface area contributed by atoms with Crippen LogP contribution in [0.15, 0.2) is 39.9 Å². The number of thiazole rings is 1. The molecule has 0 aliphatic heterocycles. The van der Waals surface area contributed by atoms with Gasteiger partial charge in [-0.1, -0.05) is 35.0 Å². The molecule has 0 fully saturated rings. The zero-order chi connectivity index (χ0) is 16.5. The molecule has 0 amide bonds. The fraction of sp³-hybridized carbons (Fsp3) is 0.412. The highest BCUT2D eigenvalue weighted by Crippen LogP contribution is 2.13. The summed E-state index contributed by atoms with van der Waals surface area (Å²) in [6, 6.07) is 8.23. The van der Waals surface area contributed by atoms with Gasteiger partial charge in [0.25, 0.3) is 0 Å². The van der Waals surface area contributed by atoms with Crippen LogP contribution < -0.4 is 10.6 Å². The summed E-state index contributed by atoms with van der Waals surface area (Å²) in [4.78, 5) is 10.4. The minimum atomic E-state index is 0. The molecule has 0 unspecified atom stereocenters. The van der Waals surface area contributed by atoms with E-state index in [0.717, 1.165) is 36.4 Å². The molecule has 24 heavy (non-hydrogen) atoms. The molecule has 0 atom stereocenters. The number of guanidine groups is 1. The predicted octanol–water partition coefficient (Wildman–Crippen LogP) is 4.38. The summed E-state index contributed by atoms with van der Waals surface area (Å²) in [5.41, 5.74) is 1.18. The molecule has 0 saturated heterocycles. The van der Waals surface area contributed by atoms with Crippen LogP contribution in [0.2, 0.25) is 0 Å². The number of rotatable bonds is 7. The van der Waals surface area contributed by atoms with Crippen LogP contribution in [0.5, 0.6) is 0 Å². The molecule has 132 valence electrons. The molecule has 1 aromatic heterocycles. The van der Waals surface area contributed by atoms with Crippen LogP contribution >= 0.6 is 51.2 Å². The van der Waals surface area contributed by atoms with Gasteiger partial charge < -0.3 is 10.6 Å². The van der Waals surface area contributed by atoms with Crippen LogP contribution in [-0.2, 0) is 19.4 Å². The average Bonchev–Trinajstić information content (AvgIpc) is 3.01. The summed E-state index contributed by atoms with van der Waals surface area (Å²) in [5.74, 6) is 0.847. The number of aromatic nitrogens is 1. The Bertz CT molecular complexity index is 645. The van der Waals surface area contributed by atoms with E-state index in [-0.39, 0.29) is 24.0 Å². The Hall–Kier alpha value is -0.670. The third-order valence-corrected chi connectivity index (χ3v) is 4.93. The van der Waals surface area contributed by atoms with Gasteiger partial charge in [-0.25, -0.2) is 9.98 Å². The van der Waals surface area contributed by atoms with Crippen molar-refractivity contribution in [2.45, 2.75) is 33.2 Å². The Morgan fingerprint density at radius 1 is 1.29 bits per heavy atom. The van der Waals surface area contributed by atoms with Gasteiger partial charge in [0.05, 0.1) is 11.6 Å². The molecule has 1 aromatic carbocycles. The minimum Gasteiger partial charge on any atom is -0.357 e. The highest BCUT2D eigenvalue weighted by molar-refractivity contribution is 14.0. The van der Waals surface area contributed by atoms with Gasteiger partial charge in [0.2, 0.25) is 0 Å². The number of benzene rings is 1. The summed E-state index contributed by atoms with van der Waals surface area (Å²) >= 11 is 5.28. The molecule has 2 N–H and O–H groups in total. The molecular formula is C17H24BrIN4S. The molecule has 0 aliphatic rings. The van der Waals surface area contributed by atoms with E-state index < -0.39 is 0 Å². The first kappa shape index (κ1) is 21.4. The fourth-order valence-corrected chi connectivity index (χ4v) is 3.37. The molecule has 0 saturated carbocycles. The Balaban J connectivity index is 0.00000288. The Morgan fingerprint density at radius 2 is 2.12 bits per heavy atom. The lowest BCUT2D eigenvalue weighted by Crippen LogP contribution is -2.38. The maximum atomic E-state index is 4.63. The van der Waals surface area contributed by atoms with Crippen molar-refractivity contribution in [2.24, 2.45) is 4.99 Å². The van der Waals surface area contributed by atoms with Gasteiger partial charge in [0.15, 0.2) is 5.96 Å². The normalized spacial score (nSPS) is 11.0. The molecule has 0 spiro atoms. The van der Waals surface area contributed by atoms with E-state index in [4.69, 9.17) is 0 Å². The molecule has 1 heterocycles. The van der Waals surface area contributed by atoms with Crippen molar-refractivity contribution in [3.63, 3.8) is 0 Å². The molecule has 0 radical (unpaired) electrons. The van der Waals surface area contributed by atoms with Crippen LogP contribution in [0.4, 0.5) is 0 Å². The lowest BCUT2D eigenvalue weighted by Gasteiger charge is -2.10. The molecule has 7 heteroatoms. The van der Waals surface area contributed by atoms with Gasteiger partial charge in [-0.15, -0.1) is 35.3 Å². The first-order valence-corrected chi connectivity index (χ1v) is 9.52. The van der Waals surface area contributed by atoms with Crippen LogP contribution in [0, 0.1) is 0 Å². The van der Waals surface area contributed by atoms with E-state index in [1.165, 1.54) is 15.4 Å². The van der Waals surface area contributed by atoms with Crippen LogP contribution in [0.1, 0.15) is 29.3 Å². The zero-order valence-corrected chi connectivity index (χ0v) is 18.7. The van der Waals surface area contributed by atoms with Crippen molar-refractivity contribution in [3.05, 3.63) is 50.4 Å². The third kappa shape index (κ3) is 7.48.